The summed E-state index contributed by atoms with van der Waals surface area (Å²) >= 11 is 8.97. The van der Waals surface area contributed by atoms with Crippen molar-refractivity contribution in [3.05, 3.63) is 27.7 Å². The van der Waals surface area contributed by atoms with Crippen molar-refractivity contribution in [2.24, 2.45) is 0 Å². The van der Waals surface area contributed by atoms with Crippen molar-refractivity contribution >= 4 is 45.2 Å². The van der Waals surface area contributed by atoms with E-state index in [2.05, 4.69) is 26.6 Å². The van der Waals surface area contributed by atoms with Gasteiger partial charge in [-0.15, -0.1) is 0 Å². The van der Waals surface area contributed by atoms with Crippen LogP contribution in [0.2, 0.25) is 5.02 Å². The maximum atomic E-state index is 11.5. The predicted octanol–water partition coefficient (Wildman–Crippen LogP) is 2.06. The molecule has 0 aliphatic carbocycles. The number of halogens is 2. The molecule has 1 aromatic rings. The Morgan fingerprint density at radius 1 is 1.47 bits per heavy atom. The van der Waals surface area contributed by atoms with Crippen LogP contribution < -0.4 is 10.6 Å². The number of carboxylic acids is 1. The number of anilines is 1. The summed E-state index contributed by atoms with van der Waals surface area (Å²) < 4.78 is 0.583. The molecule has 8 heteroatoms. The van der Waals surface area contributed by atoms with E-state index in [-0.39, 0.29) is 0 Å². The zero-order valence-electron chi connectivity index (χ0n) is 9.91. The number of hydrogen-bond donors (Lipinski definition) is 4. The Morgan fingerprint density at radius 2 is 2.11 bits per heavy atom. The highest BCUT2D eigenvalue weighted by atomic mass is 79.9. The maximum Gasteiger partial charge on any atom is 0.337 e. The van der Waals surface area contributed by atoms with E-state index in [0.717, 1.165) is 6.92 Å². The molecule has 1 unspecified atom stereocenters. The first kappa shape index (κ1) is 15.7. The smallest absolute Gasteiger partial charge is 0.337 e. The topological polar surface area (TPSA) is 98.7 Å². The van der Waals surface area contributed by atoms with E-state index in [9.17, 15) is 14.7 Å². The number of carboxylic acid groups (broad SMARTS) is 1. The third-order valence-corrected chi connectivity index (χ3v) is 3.12. The van der Waals surface area contributed by atoms with Crippen LogP contribution in [0.5, 0.6) is 0 Å². The second-order valence-electron chi connectivity index (χ2n) is 4.01. The number of aliphatic carboxylic acids is 1. The first-order valence-corrected chi connectivity index (χ1v) is 6.35. The Labute approximate surface area is 122 Å². The minimum atomic E-state index is -2.02. The molecule has 1 aromatic carbocycles. The SMILES string of the molecule is CC(O)(CNC(=O)Nc1ccc(Cl)cc1Br)C(=O)O. The van der Waals surface area contributed by atoms with Crippen molar-refractivity contribution in [2.75, 3.05) is 11.9 Å². The monoisotopic (exact) mass is 350 g/mol. The van der Waals surface area contributed by atoms with Crippen molar-refractivity contribution in [1.82, 2.24) is 5.32 Å². The number of carbonyl (C=O) groups is 2. The lowest BCUT2D eigenvalue weighted by atomic mass is 10.1. The number of hydrogen-bond acceptors (Lipinski definition) is 3. The minimum Gasteiger partial charge on any atom is -0.479 e. The van der Waals surface area contributed by atoms with Crippen molar-refractivity contribution < 1.29 is 19.8 Å². The summed E-state index contributed by atoms with van der Waals surface area (Å²) in [6, 6.07) is 4.14. The van der Waals surface area contributed by atoms with E-state index in [1.807, 2.05) is 0 Å². The molecule has 0 heterocycles. The Bertz CT molecular complexity index is 507. The van der Waals surface area contributed by atoms with Crippen LogP contribution in [0.15, 0.2) is 22.7 Å². The summed E-state index contributed by atoms with van der Waals surface area (Å²) in [5.74, 6) is -1.42. The minimum absolute atomic E-state index is 0.417. The van der Waals surface area contributed by atoms with Gasteiger partial charge in [-0.1, -0.05) is 11.6 Å². The number of carbonyl (C=O) groups excluding carboxylic acids is 1. The van der Waals surface area contributed by atoms with E-state index < -0.39 is 24.1 Å². The summed E-state index contributed by atoms with van der Waals surface area (Å²) in [7, 11) is 0. The molecular weight excluding hydrogens is 339 g/mol. The van der Waals surface area contributed by atoms with E-state index >= 15 is 0 Å². The van der Waals surface area contributed by atoms with Crippen molar-refractivity contribution in [2.45, 2.75) is 12.5 Å². The number of nitrogens with one attached hydrogen (secondary N) is 2. The molecule has 0 radical (unpaired) electrons. The number of benzene rings is 1. The zero-order chi connectivity index (χ0) is 14.6. The second-order valence-corrected chi connectivity index (χ2v) is 5.30. The average Bonchev–Trinajstić information content (AvgIpc) is 2.30. The third kappa shape index (κ3) is 4.70. The van der Waals surface area contributed by atoms with Gasteiger partial charge in [-0.25, -0.2) is 9.59 Å². The summed E-state index contributed by atoms with van der Waals surface area (Å²) in [6.45, 7) is 0.674. The fraction of sp³-hybridized carbons (Fsp3) is 0.273. The van der Waals surface area contributed by atoms with Gasteiger partial charge in [0.05, 0.1) is 12.2 Å². The molecule has 0 aliphatic rings. The quantitative estimate of drug-likeness (QED) is 0.667. The standard InChI is InChI=1S/C11H12BrClN2O4/c1-11(19,9(16)17)5-14-10(18)15-8-3-2-6(13)4-7(8)12/h2-4,19H,5H2,1H3,(H,16,17)(H2,14,15,18). The molecule has 1 atom stereocenters. The molecule has 6 nitrogen and oxygen atoms in total. The molecule has 0 spiro atoms. The first-order valence-electron chi connectivity index (χ1n) is 5.18. The molecule has 4 N–H and O–H groups in total. The van der Waals surface area contributed by atoms with Gasteiger partial charge in [0, 0.05) is 9.50 Å². The molecule has 0 saturated heterocycles. The number of urea groups is 1. The van der Waals surface area contributed by atoms with Gasteiger partial charge < -0.3 is 20.8 Å². The lowest BCUT2D eigenvalue weighted by molar-refractivity contribution is -0.155. The largest absolute Gasteiger partial charge is 0.479 e. The summed E-state index contributed by atoms with van der Waals surface area (Å²) in [6.07, 6.45) is 0. The fourth-order valence-corrected chi connectivity index (χ4v) is 1.87. The molecule has 0 aromatic heterocycles. The summed E-state index contributed by atoms with van der Waals surface area (Å²) in [4.78, 5) is 22.2. The van der Waals surface area contributed by atoms with Gasteiger partial charge in [-0.2, -0.15) is 0 Å². The predicted molar refractivity (Wildman–Crippen MR) is 74.4 cm³/mol. The van der Waals surface area contributed by atoms with Gasteiger partial charge in [-0.3, -0.25) is 0 Å². The van der Waals surface area contributed by atoms with Crippen LogP contribution in [0.4, 0.5) is 10.5 Å². The zero-order valence-corrected chi connectivity index (χ0v) is 12.2. The highest BCUT2D eigenvalue weighted by Gasteiger charge is 2.30. The Morgan fingerprint density at radius 3 is 2.63 bits per heavy atom. The van der Waals surface area contributed by atoms with Gasteiger partial charge >= 0.3 is 12.0 Å². The Balaban J connectivity index is 2.59. The van der Waals surface area contributed by atoms with Gasteiger partial charge in [0.15, 0.2) is 5.60 Å². The third-order valence-electron chi connectivity index (χ3n) is 2.23. The highest BCUT2D eigenvalue weighted by Crippen LogP contribution is 2.25. The fourth-order valence-electron chi connectivity index (χ4n) is 1.09. The molecule has 0 fully saturated rings. The molecule has 104 valence electrons. The van der Waals surface area contributed by atoms with Crippen LogP contribution >= 0.6 is 27.5 Å². The van der Waals surface area contributed by atoms with Gasteiger partial charge in [-0.05, 0) is 41.1 Å². The molecule has 19 heavy (non-hydrogen) atoms. The first-order chi connectivity index (χ1) is 8.72. The molecule has 2 amide bonds. The normalized spacial score (nSPS) is 13.5. The molecule has 1 rings (SSSR count). The van der Waals surface area contributed by atoms with Crippen LogP contribution in [0, 0.1) is 0 Å². The average molecular weight is 352 g/mol. The highest BCUT2D eigenvalue weighted by molar-refractivity contribution is 9.10. The van der Waals surface area contributed by atoms with E-state index in [1.165, 1.54) is 0 Å². The number of amides is 2. The van der Waals surface area contributed by atoms with Crippen LogP contribution in [0.3, 0.4) is 0 Å². The second kappa shape index (κ2) is 6.23. The molecule has 0 bridgehead atoms. The van der Waals surface area contributed by atoms with E-state index in [1.54, 1.807) is 18.2 Å². The Kier molecular flexibility index (Phi) is 5.16. The number of aliphatic hydroxyl groups is 1. The lowest BCUT2D eigenvalue weighted by Crippen LogP contribution is -2.47. The lowest BCUT2D eigenvalue weighted by Gasteiger charge is -2.18. The Hall–Kier alpha value is -1.31. The van der Waals surface area contributed by atoms with Gasteiger partial charge in [0.1, 0.15) is 0 Å². The number of rotatable bonds is 4. The van der Waals surface area contributed by atoms with Crippen molar-refractivity contribution in [3.8, 4) is 0 Å². The van der Waals surface area contributed by atoms with Crippen LogP contribution in [-0.4, -0.2) is 34.4 Å². The van der Waals surface area contributed by atoms with Gasteiger partial charge in [0.2, 0.25) is 0 Å². The van der Waals surface area contributed by atoms with E-state index in [4.69, 9.17) is 16.7 Å². The molecule has 0 aliphatic heterocycles. The summed E-state index contributed by atoms with van der Waals surface area (Å²) in [5, 5.41) is 23.4. The van der Waals surface area contributed by atoms with Crippen LogP contribution in [0.1, 0.15) is 6.92 Å². The van der Waals surface area contributed by atoms with Crippen molar-refractivity contribution in [1.29, 1.82) is 0 Å². The van der Waals surface area contributed by atoms with Crippen LogP contribution in [-0.2, 0) is 4.79 Å². The van der Waals surface area contributed by atoms with E-state index in [0.29, 0.717) is 15.2 Å². The van der Waals surface area contributed by atoms with Crippen molar-refractivity contribution in [3.63, 3.8) is 0 Å². The maximum absolute atomic E-state index is 11.5. The summed E-state index contributed by atoms with van der Waals surface area (Å²) in [5.41, 5.74) is -1.55. The molecule has 0 saturated carbocycles. The molecular formula is C11H12BrClN2O4. The van der Waals surface area contributed by atoms with Crippen LogP contribution in [0.25, 0.3) is 0 Å². The van der Waals surface area contributed by atoms with Gasteiger partial charge in [0.25, 0.3) is 0 Å².